The summed E-state index contributed by atoms with van der Waals surface area (Å²) in [5, 5.41) is 9.72. The largest absolute Gasteiger partial charge is 0.504 e. The van der Waals surface area contributed by atoms with E-state index in [1.807, 2.05) is 22.6 Å². The van der Waals surface area contributed by atoms with Gasteiger partial charge in [0.25, 0.3) is 0 Å². The number of aromatic hydroxyl groups is 1. The molecule has 0 radical (unpaired) electrons. The van der Waals surface area contributed by atoms with Gasteiger partial charge in [0.2, 0.25) is 0 Å². The summed E-state index contributed by atoms with van der Waals surface area (Å²) in [7, 11) is 1.34. The molecular weight excluding hydrogens is 362 g/mol. The highest BCUT2D eigenvalue weighted by Crippen LogP contribution is 2.48. The van der Waals surface area contributed by atoms with Crippen molar-refractivity contribution < 1.29 is 19.0 Å². The maximum atomic E-state index is 14.2. The third-order valence-corrected chi connectivity index (χ3v) is 4.57. The van der Waals surface area contributed by atoms with E-state index >= 15 is 0 Å². The lowest BCUT2D eigenvalue weighted by Gasteiger charge is -2.23. The third-order valence-electron chi connectivity index (χ3n) is 3.70. The van der Waals surface area contributed by atoms with Crippen molar-refractivity contribution in [3.63, 3.8) is 0 Å². The molecule has 0 unspecified atom stereocenters. The van der Waals surface area contributed by atoms with Crippen LogP contribution in [0.4, 0.5) is 4.39 Å². The van der Waals surface area contributed by atoms with Crippen LogP contribution in [0.5, 0.6) is 5.75 Å². The number of phenolic OH excluding ortho intramolecular Hbond substituents is 1. The second kappa shape index (κ2) is 5.64. The number of benzene rings is 1. The van der Waals surface area contributed by atoms with Crippen LogP contribution in [0.3, 0.4) is 0 Å². The molecule has 1 N–H and O–H groups in total. The molecule has 5 heteroatoms. The van der Waals surface area contributed by atoms with Gasteiger partial charge in [0, 0.05) is 5.92 Å². The Bertz CT molecular complexity index is 500. The van der Waals surface area contributed by atoms with E-state index in [4.69, 9.17) is 4.74 Å². The number of hydrogen-bond donors (Lipinski definition) is 1. The molecule has 1 aliphatic rings. The fourth-order valence-corrected chi connectivity index (χ4v) is 2.95. The van der Waals surface area contributed by atoms with Crippen molar-refractivity contribution in [2.24, 2.45) is 11.8 Å². The number of hydrogen-bond acceptors (Lipinski definition) is 3. The zero-order chi connectivity index (χ0) is 14.2. The quantitative estimate of drug-likeness (QED) is 0.645. The van der Waals surface area contributed by atoms with Crippen LogP contribution in [0.25, 0.3) is 0 Å². The maximum absolute atomic E-state index is 14.2. The van der Waals surface area contributed by atoms with Gasteiger partial charge in [-0.25, -0.2) is 4.39 Å². The molecule has 0 amide bonds. The first-order valence-corrected chi connectivity index (χ1v) is 7.30. The molecule has 0 spiro atoms. The van der Waals surface area contributed by atoms with Gasteiger partial charge in [-0.15, -0.1) is 0 Å². The van der Waals surface area contributed by atoms with Crippen LogP contribution in [0.2, 0.25) is 0 Å². The van der Waals surface area contributed by atoms with E-state index < -0.39 is 11.7 Å². The second-order valence-electron chi connectivity index (χ2n) is 4.97. The molecule has 1 aromatic carbocycles. The topological polar surface area (TPSA) is 46.5 Å². The minimum absolute atomic E-state index is 0.227. The smallest absolute Gasteiger partial charge is 0.309 e. The van der Waals surface area contributed by atoms with E-state index in [1.165, 1.54) is 7.11 Å². The minimum Gasteiger partial charge on any atom is -0.504 e. The van der Waals surface area contributed by atoms with Gasteiger partial charge in [-0.1, -0.05) is 13.0 Å². The average molecular weight is 378 g/mol. The Labute approximate surface area is 125 Å². The van der Waals surface area contributed by atoms with Crippen LogP contribution in [-0.4, -0.2) is 18.2 Å². The van der Waals surface area contributed by atoms with Gasteiger partial charge >= 0.3 is 5.97 Å². The molecule has 0 aliphatic heterocycles. The van der Waals surface area contributed by atoms with Crippen LogP contribution in [0.15, 0.2) is 12.1 Å². The molecule has 0 heterocycles. The molecule has 1 aromatic rings. The summed E-state index contributed by atoms with van der Waals surface area (Å²) in [6, 6.07) is 3.34. The van der Waals surface area contributed by atoms with Crippen molar-refractivity contribution in [1.82, 2.24) is 0 Å². The monoisotopic (exact) mass is 378 g/mol. The van der Waals surface area contributed by atoms with Gasteiger partial charge < -0.3 is 9.84 Å². The fourth-order valence-electron chi connectivity index (χ4n) is 2.53. The summed E-state index contributed by atoms with van der Waals surface area (Å²) < 4.78 is 19.5. The normalized spacial score (nSPS) is 17.9. The summed E-state index contributed by atoms with van der Waals surface area (Å²) in [4.78, 5) is 11.7. The zero-order valence-electron chi connectivity index (χ0n) is 10.8. The highest BCUT2D eigenvalue weighted by Gasteiger charge is 2.40. The van der Waals surface area contributed by atoms with Crippen LogP contribution >= 0.6 is 22.6 Å². The van der Waals surface area contributed by atoms with Crippen molar-refractivity contribution in [3.8, 4) is 5.75 Å². The summed E-state index contributed by atoms with van der Waals surface area (Å²) in [6.07, 6.45) is 1.97. The van der Waals surface area contributed by atoms with Gasteiger partial charge in [0.1, 0.15) is 0 Å². The molecule has 0 saturated heterocycles. The van der Waals surface area contributed by atoms with E-state index in [1.54, 1.807) is 19.1 Å². The molecule has 2 atom stereocenters. The second-order valence-corrected chi connectivity index (χ2v) is 6.14. The predicted octanol–water partition coefficient (Wildman–Crippen LogP) is 3.44. The Morgan fingerprint density at radius 2 is 2.16 bits per heavy atom. The van der Waals surface area contributed by atoms with Gasteiger partial charge in [0.05, 0.1) is 16.6 Å². The summed E-state index contributed by atoms with van der Waals surface area (Å²) in [5.74, 6) is -1.63. The number of carbonyl (C=O) groups is 1. The standard InChI is InChI=1S/C14H16FIO3/c1-7(14(18)19-2)11(8-3-4-8)9-5-6-10(16)13(17)12(9)15/h5-8,11,17H,3-4H2,1-2H3/t7-,11-/m0/s1. The van der Waals surface area contributed by atoms with E-state index in [0.717, 1.165) is 12.8 Å². The van der Waals surface area contributed by atoms with Crippen LogP contribution < -0.4 is 0 Å². The molecule has 0 aromatic heterocycles. The van der Waals surface area contributed by atoms with Gasteiger partial charge in [-0.3, -0.25) is 4.79 Å². The first-order valence-electron chi connectivity index (χ1n) is 6.22. The SMILES string of the molecule is COC(=O)[C@@H](C)[C@H](c1ccc(I)c(O)c1F)C1CC1. The molecular formula is C14H16FIO3. The minimum atomic E-state index is -0.612. The van der Waals surface area contributed by atoms with E-state index in [0.29, 0.717) is 15.1 Å². The first kappa shape index (κ1) is 14.6. The van der Waals surface area contributed by atoms with Crippen molar-refractivity contribution in [1.29, 1.82) is 0 Å². The Morgan fingerprint density at radius 3 is 2.68 bits per heavy atom. The number of methoxy groups -OCH3 is 1. The van der Waals surface area contributed by atoms with Gasteiger partial charge in [-0.05, 0) is 53.0 Å². The van der Waals surface area contributed by atoms with Crippen molar-refractivity contribution in [2.75, 3.05) is 7.11 Å². The fraction of sp³-hybridized carbons (Fsp3) is 0.500. The van der Waals surface area contributed by atoms with Crippen molar-refractivity contribution in [2.45, 2.75) is 25.7 Å². The molecule has 2 rings (SSSR count). The van der Waals surface area contributed by atoms with Crippen LogP contribution in [0, 0.1) is 21.2 Å². The Kier molecular flexibility index (Phi) is 4.32. The summed E-state index contributed by atoms with van der Waals surface area (Å²) >= 11 is 1.88. The van der Waals surface area contributed by atoms with E-state index in [9.17, 15) is 14.3 Å². The Morgan fingerprint density at radius 1 is 1.53 bits per heavy atom. The third kappa shape index (κ3) is 2.85. The highest BCUT2D eigenvalue weighted by molar-refractivity contribution is 14.1. The number of rotatable bonds is 4. The Hall–Kier alpha value is -0.850. The molecule has 0 bridgehead atoms. The van der Waals surface area contributed by atoms with Gasteiger partial charge in [-0.2, -0.15) is 0 Å². The molecule has 1 fully saturated rings. The van der Waals surface area contributed by atoms with Crippen molar-refractivity contribution in [3.05, 3.63) is 27.1 Å². The zero-order valence-corrected chi connectivity index (χ0v) is 13.0. The van der Waals surface area contributed by atoms with Gasteiger partial charge in [0.15, 0.2) is 11.6 Å². The molecule has 104 valence electrons. The van der Waals surface area contributed by atoms with Crippen LogP contribution in [-0.2, 0) is 9.53 Å². The number of esters is 1. The molecule has 1 saturated carbocycles. The molecule has 3 nitrogen and oxygen atoms in total. The Balaban J connectivity index is 2.40. The van der Waals surface area contributed by atoms with E-state index in [-0.39, 0.29) is 17.6 Å². The number of halogens is 2. The summed E-state index contributed by atoms with van der Waals surface area (Å²) in [5.41, 5.74) is 0.415. The average Bonchev–Trinajstić information content (AvgIpc) is 3.22. The maximum Gasteiger partial charge on any atom is 0.309 e. The predicted molar refractivity (Wildman–Crippen MR) is 77.4 cm³/mol. The molecule has 19 heavy (non-hydrogen) atoms. The number of phenols is 1. The van der Waals surface area contributed by atoms with Crippen LogP contribution in [0.1, 0.15) is 31.2 Å². The number of carbonyl (C=O) groups excluding carboxylic acids is 1. The highest BCUT2D eigenvalue weighted by atomic mass is 127. The molecule has 1 aliphatic carbocycles. The first-order chi connectivity index (χ1) is 8.97. The van der Waals surface area contributed by atoms with Crippen molar-refractivity contribution >= 4 is 28.6 Å². The lowest BCUT2D eigenvalue weighted by molar-refractivity contribution is -0.145. The summed E-state index contributed by atoms with van der Waals surface area (Å²) in [6.45, 7) is 1.75. The van der Waals surface area contributed by atoms with E-state index in [2.05, 4.69) is 0 Å². The lowest BCUT2D eigenvalue weighted by Crippen LogP contribution is -2.23. The number of ether oxygens (including phenoxy) is 1. The lowest BCUT2D eigenvalue weighted by atomic mass is 9.83.